The highest BCUT2D eigenvalue weighted by Crippen LogP contribution is 2.29. The van der Waals surface area contributed by atoms with Crippen molar-refractivity contribution in [3.8, 4) is 5.75 Å². The van der Waals surface area contributed by atoms with Crippen molar-refractivity contribution < 1.29 is 4.74 Å². The zero-order valence-corrected chi connectivity index (χ0v) is 9.40. The molecule has 0 fully saturated rings. The number of hydrogen-bond acceptors (Lipinski definition) is 2. The van der Waals surface area contributed by atoms with Gasteiger partial charge in [0.2, 0.25) is 0 Å². The smallest absolute Gasteiger partial charge is 0.140 e. The van der Waals surface area contributed by atoms with Gasteiger partial charge in [-0.1, -0.05) is 17.7 Å². The number of hydrogen-bond donors (Lipinski definition) is 1. The van der Waals surface area contributed by atoms with Crippen LogP contribution in [0.1, 0.15) is 17.5 Å². The van der Waals surface area contributed by atoms with Crippen LogP contribution in [0.5, 0.6) is 5.75 Å². The molecule has 3 heteroatoms. The van der Waals surface area contributed by atoms with E-state index in [0.29, 0.717) is 11.6 Å². The Morgan fingerprint density at radius 1 is 1.43 bits per heavy atom. The van der Waals surface area contributed by atoms with Gasteiger partial charge < -0.3 is 10.5 Å². The Kier molecular flexibility index (Phi) is 4.23. The Morgan fingerprint density at radius 3 is 2.64 bits per heavy atom. The molecule has 0 atom stereocenters. The summed E-state index contributed by atoms with van der Waals surface area (Å²) in [5, 5.41) is 0.680. The summed E-state index contributed by atoms with van der Waals surface area (Å²) in [5.74, 6) is 0.767. The first-order chi connectivity index (χ1) is 6.69. The fraction of sp³-hybridized carbons (Fsp3) is 0.455. The molecule has 0 saturated heterocycles. The fourth-order valence-corrected chi connectivity index (χ4v) is 1.88. The second-order valence-electron chi connectivity index (χ2n) is 3.32. The summed E-state index contributed by atoms with van der Waals surface area (Å²) in [6.07, 6.45) is 1.96. The average Bonchev–Trinajstić information content (AvgIpc) is 2.14. The van der Waals surface area contributed by atoms with E-state index in [1.54, 1.807) is 7.11 Å². The van der Waals surface area contributed by atoms with Crippen molar-refractivity contribution in [3.05, 3.63) is 28.3 Å². The summed E-state index contributed by atoms with van der Waals surface area (Å²) >= 11 is 6.06. The average molecular weight is 214 g/mol. The molecule has 0 radical (unpaired) electrons. The largest absolute Gasteiger partial charge is 0.495 e. The van der Waals surface area contributed by atoms with Gasteiger partial charge in [-0.25, -0.2) is 0 Å². The molecule has 0 aliphatic carbocycles. The summed E-state index contributed by atoms with van der Waals surface area (Å²) in [6, 6.07) is 4.05. The van der Waals surface area contributed by atoms with Gasteiger partial charge in [0, 0.05) is 0 Å². The second kappa shape index (κ2) is 5.23. The van der Waals surface area contributed by atoms with Gasteiger partial charge in [0.15, 0.2) is 0 Å². The van der Waals surface area contributed by atoms with E-state index in [1.807, 2.05) is 13.0 Å². The molecule has 2 nitrogen and oxygen atoms in total. The van der Waals surface area contributed by atoms with E-state index < -0.39 is 0 Å². The van der Waals surface area contributed by atoms with E-state index in [9.17, 15) is 0 Å². The standard InChI is InChI=1S/C11H16ClNO/c1-8-6-9(4-3-5-13)7-10(12)11(8)14-2/h6-7H,3-5,13H2,1-2H3. The maximum Gasteiger partial charge on any atom is 0.140 e. The zero-order chi connectivity index (χ0) is 10.6. The highest BCUT2D eigenvalue weighted by Gasteiger charge is 2.06. The van der Waals surface area contributed by atoms with Crippen LogP contribution in [0.15, 0.2) is 12.1 Å². The van der Waals surface area contributed by atoms with Gasteiger partial charge in [-0.2, -0.15) is 0 Å². The van der Waals surface area contributed by atoms with Crippen LogP contribution >= 0.6 is 11.6 Å². The monoisotopic (exact) mass is 213 g/mol. The molecule has 2 N–H and O–H groups in total. The topological polar surface area (TPSA) is 35.2 Å². The van der Waals surface area contributed by atoms with Crippen LogP contribution in [0.4, 0.5) is 0 Å². The molecule has 0 spiro atoms. The molecule has 0 bridgehead atoms. The zero-order valence-electron chi connectivity index (χ0n) is 8.64. The van der Waals surface area contributed by atoms with Gasteiger partial charge in [-0.15, -0.1) is 0 Å². The van der Waals surface area contributed by atoms with Crippen LogP contribution in [0.3, 0.4) is 0 Å². The van der Waals surface area contributed by atoms with Gasteiger partial charge in [0.05, 0.1) is 12.1 Å². The molecule has 78 valence electrons. The molecule has 0 heterocycles. The van der Waals surface area contributed by atoms with Crippen LogP contribution in [0, 0.1) is 6.92 Å². The molecule has 0 aromatic heterocycles. The number of halogens is 1. The quantitative estimate of drug-likeness (QED) is 0.835. The van der Waals surface area contributed by atoms with Crippen molar-refractivity contribution in [2.24, 2.45) is 5.73 Å². The highest BCUT2D eigenvalue weighted by molar-refractivity contribution is 6.32. The van der Waals surface area contributed by atoms with Crippen LogP contribution < -0.4 is 10.5 Å². The Morgan fingerprint density at radius 2 is 2.14 bits per heavy atom. The Bertz CT molecular complexity index is 289. The van der Waals surface area contributed by atoms with Crippen LogP contribution in [-0.2, 0) is 6.42 Å². The van der Waals surface area contributed by atoms with E-state index in [0.717, 1.165) is 24.2 Å². The molecule has 0 unspecified atom stereocenters. The number of ether oxygens (including phenoxy) is 1. The van der Waals surface area contributed by atoms with Crippen LogP contribution in [0.25, 0.3) is 0 Å². The summed E-state index contributed by atoms with van der Waals surface area (Å²) in [6.45, 7) is 2.71. The lowest BCUT2D eigenvalue weighted by Crippen LogP contribution is -2.01. The SMILES string of the molecule is COc1c(C)cc(CCCN)cc1Cl. The molecule has 1 aromatic rings. The number of methoxy groups -OCH3 is 1. The maximum absolute atomic E-state index is 6.06. The molecular formula is C11H16ClNO. The van der Waals surface area contributed by atoms with E-state index >= 15 is 0 Å². The molecule has 1 aromatic carbocycles. The molecule has 1 rings (SSSR count). The summed E-state index contributed by atoms with van der Waals surface area (Å²) in [4.78, 5) is 0. The lowest BCUT2D eigenvalue weighted by Gasteiger charge is -2.09. The second-order valence-corrected chi connectivity index (χ2v) is 3.73. The summed E-state index contributed by atoms with van der Waals surface area (Å²) in [7, 11) is 1.63. The molecule has 0 amide bonds. The molecule has 14 heavy (non-hydrogen) atoms. The van der Waals surface area contributed by atoms with Crippen LogP contribution in [-0.4, -0.2) is 13.7 Å². The first-order valence-electron chi connectivity index (χ1n) is 4.72. The van der Waals surface area contributed by atoms with Crippen molar-refractivity contribution >= 4 is 11.6 Å². The van der Waals surface area contributed by atoms with Crippen molar-refractivity contribution in [2.45, 2.75) is 19.8 Å². The minimum absolute atomic E-state index is 0.680. The van der Waals surface area contributed by atoms with E-state index in [4.69, 9.17) is 22.1 Å². The van der Waals surface area contributed by atoms with Gasteiger partial charge in [0.1, 0.15) is 5.75 Å². The van der Waals surface area contributed by atoms with Gasteiger partial charge in [0.25, 0.3) is 0 Å². The number of benzene rings is 1. The van der Waals surface area contributed by atoms with Crippen molar-refractivity contribution in [1.29, 1.82) is 0 Å². The third kappa shape index (κ3) is 2.63. The Balaban J connectivity index is 2.90. The lowest BCUT2D eigenvalue weighted by molar-refractivity contribution is 0.411. The predicted molar refractivity (Wildman–Crippen MR) is 60.1 cm³/mol. The number of nitrogens with two attached hydrogens (primary N) is 1. The van der Waals surface area contributed by atoms with Crippen LogP contribution in [0.2, 0.25) is 5.02 Å². The highest BCUT2D eigenvalue weighted by atomic mass is 35.5. The molecule has 0 aliphatic heterocycles. The minimum atomic E-state index is 0.680. The van der Waals surface area contributed by atoms with Crippen molar-refractivity contribution in [1.82, 2.24) is 0 Å². The van der Waals surface area contributed by atoms with Gasteiger partial charge in [-0.05, 0) is 43.5 Å². The van der Waals surface area contributed by atoms with Crippen molar-refractivity contribution in [3.63, 3.8) is 0 Å². The maximum atomic E-state index is 6.06. The summed E-state index contributed by atoms with van der Waals surface area (Å²) in [5.41, 5.74) is 7.75. The lowest BCUT2D eigenvalue weighted by atomic mass is 10.1. The third-order valence-electron chi connectivity index (χ3n) is 2.16. The molecule has 0 saturated carbocycles. The first kappa shape index (κ1) is 11.3. The van der Waals surface area contributed by atoms with Gasteiger partial charge in [-0.3, -0.25) is 0 Å². The third-order valence-corrected chi connectivity index (χ3v) is 2.44. The Labute approximate surface area is 90.0 Å². The van der Waals surface area contributed by atoms with E-state index in [-0.39, 0.29) is 0 Å². The molecular weight excluding hydrogens is 198 g/mol. The fourth-order valence-electron chi connectivity index (χ4n) is 1.51. The van der Waals surface area contributed by atoms with E-state index in [1.165, 1.54) is 5.56 Å². The first-order valence-corrected chi connectivity index (χ1v) is 5.10. The minimum Gasteiger partial charge on any atom is -0.495 e. The van der Waals surface area contributed by atoms with E-state index in [2.05, 4.69) is 6.07 Å². The number of rotatable bonds is 4. The Hall–Kier alpha value is -0.730. The summed E-state index contributed by atoms with van der Waals surface area (Å²) < 4.78 is 5.18. The molecule has 0 aliphatic rings. The number of aryl methyl sites for hydroxylation is 2. The van der Waals surface area contributed by atoms with Crippen molar-refractivity contribution in [2.75, 3.05) is 13.7 Å². The normalized spacial score (nSPS) is 10.3. The predicted octanol–water partition coefficient (Wildman–Crippen LogP) is 2.55. The van der Waals surface area contributed by atoms with Gasteiger partial charge >= 0.3 is 0 Å².